The number of anilines is 1. The Morgan fingerprint density at radius 1 is 1.07 bits per heavy atom. The van der Waals surface area contributed by atoms with Gasteiger partial charge in [-0.2, -0.15) is 0 Å². The highest BCUT2D eigenvalue weighted by Gasteiger charge is 2.36. The van der Waals surface area contributed by atoms with Crippen LogP contribution in [0.1, 0.15) is 21.5 Å². The van der Waals surface area contributed by atoms with Crippen LogP contribution in [0.5, 0.6) is 0 Å². The van der Waals surface area contributed by atoms with Gasteiger partial charge in [-0.15, -0.1) is 0 Å². The smallest absolute Gasteiger partial charge is 0.335 e. The van der Waals surface area contributed by atoms with E-state index in [9.17, 15) is 19.2 Å². The Hall–Kier alpha value is -3.39. The lowest BCUT2D eigenvalue weighted by molar-refractivity contribution is -0.127. The zero-order valence-electron chi connectivity index (χ0n) is 14.8. The molecule has 142 valence electrons. The van der Waals surface area contributed by atoms with Gasteiger partial charge in [0.05, 0.1) is 10.5 Å². The fourth-order valence-electron chi connectivity index (χ4n) is 2.49. The van der Waals surface area contributed by atoms with E-state index in [0.717, 1.165) is 22.2 Å². The van der Waals surface area contributed by atoms with Gasteiger partial charge < -0.3 is 10.4 Å². The Labute approximate surface area is 165 Å². The zero-order valence-corrected chi connectivity index (χ0v) is 15.7. The number of aryl methyl sites for hydroxylation is 1. The number of carbonyl (C=O) groups excluding carboxylic acids is 3. The average Bonchev–Trinajstić information content (AvgIpc) is 2.91. The number of thioether (sulfide) groups is 1. The van der Waals surface area contributed by atoms with Crippen LogP contribution in [0.15, 0.2) is 53.4 Å². The Morgan fingerprint density at radius 3 is 2.32 bits per heavy atom. The number of nitrogens with one attached hydrogen (secondary N) is 1. The second-order valence-corrected chi connectivity index (χ2v) is 7.10. The molecule has 3 amide bonds. The summed E-state index contributed by atoms with van der Waals surface area (Å²) in [7, 11) is 0. The molecule has 8 heteroatoms. The maximum absolute atomic E-state index is 12.5. The molecule has 2 N–H and O–H groups in total. The summed E-state index contributed by atoms with van der Waals surface area (Å²) in [4.78, 5) is 48.7. The van der Waals surface area contributed by atoms with E-state index < -0.39 is 23.0 Å². The van der Waals surface area contributed by atoms with Crippen molar-refractivity contribution in [2.24, 2.45) is 0 Å². The van der Waals surface area contributed by atoms with Crippen molar-refractivity contribution in [1.29, 1.82) is 0 Å². The van der Waals surface area contributed by atoms with Crippen molar-refractivity contribution in [3.05, 3.63) is 70.1 Å². The van der Waals surface area contributed by atoms with E-state index in [1.165, 1.54) is 18.2 Å². The van der Waals surface area contributed by atoms with Crippen molar-refractivity contribution in [3.8, 4) is 0 Å². The number of benzene rings is 2. The summed E-state index contributed by atoms with van der Waals surface area (Å²) in [6, 6.07) is 13.1. The van der Waals surface area contributed by atoms with Gasteiger partial charge in [-0.25, -0.2) is 4.79 Å². The normalized spacial score (nSPS) is 15.2. The van der Waals surface area contributed by atoms with E-state index in [1.54, 1.807) is 24.3 Å². The third kappa shape index (κ3) is 4.47. The summed E-state index contributed by atoms with van der Waals surface area (Å²) in [5.74, 6) is -2.08. The second-order valence-electron chi connectivity index (χ2n) is 6.11. The highest BCUT2D eigenvalue weighted by Crippen LogP contribution is 2.32. The molecule has 0 atom stereocenters. The standard InChI is InChI=1S/C20H16N2O5S/c1-12-2-8-15(9-3-12)21-17(23)11-22-18(24)16(28-20(22)27)10-13-4-6-14(7-5-13)19(25)26/h2-10H,11H2,1H3,(H,21,23)(H,25,26)/b16-10+. The van der Waals surface area contributed by atoms with Crippen molar-refractivity contribution < 1.29 is 24.3 Å². The molecule has 2 aromatic rings. The van der Waals surface area contributed by atoms with Crippen LogP contribution in [0.3, 0.4) is 0 Å². The van der Waals surface area contributed by atoms with E-state index >= 15 is 0 Å². The third-order valence-electron chi connectivity index (χ3n) is 3.97. The average molecular weight is 396 g/mol. The van der Waals surface area contributed by atoms with Gasteiger partial charge in [0, 0.05) is 5.69 Å². The number of hydrogen-bond donors (Lipinski definition) is 2. The Morgan fingerprint density at radius 2 is 1.71 bits per heavy atom. The quantitative estimate of drug-likeness (QED) is 0.751. The summed E-state index contributed by atoms with van der Waals surface area (Å²) in [6.45, 7) is 1.54. The van der Waals surface area contributed by atoms with Crippen LogP contribution in [0.25, 0.3) is 6.08 Å². The first kappa shape index (κ1) is 19.4. The summed E-state index contributed by atoms with van der Waals surface area (Å²) in [6.07, 6.45) is 1.49. The SMILES string of the molecule is Cc1ccc(NC(=O)CN2C(=O)S/C(=C/c3ccc(C(=O)O)cc3)C2=O)cc1. The van der Waals surface area contributed by atoms with Crippen molar-refractivity contribution in [1.82, 2.24) is 4.90 Å². The summed E-state index contributed by atoms with van der Waals surface area (Å²) < 4.78 is 0. The van der Waals surface area contributed by atoms with Crippen LogP contribution < -0.4 is 5.32 Å². The number of amides is 3. The molecule has 0 aromatic heterocycles. The van der Waals surface area contributed by atoms with E-state index in [1.807, 2.05) is 19.1 Å². The number of carboxylic acid groups (broad SMARTS) is 1. The lowest BCUT2D eigenvalue weighted by atomic mass is 10.1. The van der Waals surface area contributed by atoms with Crippen molar-refractivity contribution in [3.63, 3.8) is 0 Å². The summed E-state index contributed by atoms with van der Waals surface area (Å²) in [5, 5.41) is 11.0. The summed E-state index contributed by atoms with van der Waals surface area (Å²) in [5.41, 5.74) is 2.33. The molecule has 0 aliphatic carbocycles. The third-order valence-corrected chi connectivity index (χ3v) is 4.87. The van der Waals surface area contributed by atoms with Gasteiger partial charge in [0.2, 0.25) is 5.91 Å². The van der Waals surface area contributed by atoms with E-state index in [4.69, 9.17) is 5.11 Å². The predicted octanol–water partition coefficient (Wildman–Crippen LogP) is 3.37. The Kier molecular flexibility index (Phi) is 5.60. The molecule has 1 heterocycles. The largest absolute Gasteiger partial charge is 0.478 e. The molecule has 0 spiro atoms. The fraction of sp³-hybridized carbons (Fsp3) is 0.100. The fourth-order valence-corrected chi connectivity index (χ4v) is 3.33. The van der Waals surface area contributed by atoms with Crippen molar-refractivity contribution in [2.45, 2.75) is 6.92 Å². The molecule has 0 radical (unpaired) electrons. The molecule has 3 rings (SSSR count). The minimum Gasteiger partial charge on any atom is -0.478 e. The monoisotopic (exact) mass is 396 g/mol. The summed E-state index contributed by atoms with van der Waals surface area (Å²) >= 11 is 0.740. The zero-order chi connectivity index (χ0) is 20.3. The topological polar surface area (TPSA) is 104 Å². The number of carboxylic acids is 1. The van der Waals surface area contributed by atoms with E-state index in [-0.39, 0.29) is 17.0 Å². The van der Waals surface area contributed by atoms with E-state index in [0.29, 0.717) is 11.3 Å². The van der Waals surface area contributed by atoms with Gasteiger partial charge >= 0.3 is 5.97 Å². The van der Waals surface area contributed by atoms with E-state index in [2.05, 4.69) is 5.32 Å². The van der Waals surface area contributed by atoms with Gasteiger partial charge in [0.1, 0.15) is 6.54 Å². The maximum atomic E-state index is 12.5. The number of hydrogen-bond acceptors (Lipinski definition) is 5. The number of imide groups is 1. The minimum atomic E-state index is -1.05. The first-order chi connectivity index (χ1) is 13.3. The lowest BCUT2D eigenvalue weighted by Crippen LogP contribution is -2.36. The van der Waals surface area contributed by atoms with Crippen molar-refractivity contribution >= 4 is 46.5 Å². The predicted molar refractivity (Wildman–Crippen MR) is 106 cm³/mol. The lowest BCUT2D eigenvalue weighted by Gasteiger charge is -2.12. The van der Waals surface area contributed by atoms with Gasteiger partial charge in [0.25, 0.3) is 11.1 Å². The molecule has 1 fully saturated rings. The minimum absolute atomic E-state index is 0.123. The van der Waals surface area contributed by atoms with Crippen LogP contribution in [-0.2, 0) is 9.59 Å². The van der Waals surface area contributed by atoms with Crippen LogP contribution in [0, 0.1) is 6.92 Å². The number of aromatic carboxylic acids is 1. The first-order valence-corrected chi connectivity index (χ1v) is 9.10. The van der Waals surface area contributed by atoms with Gasteiger partial charge in [0.15, 0.2) is 0 Å². The van der Waals surface area contributed by atoms with Crippen LogP contribution >= 0.6 is 11.8 Å². The Bertz CT molecular complexity index is 981. The van der Waals surface area contributed by atoms with Crippen LogP contribution in [0.4, 0.5) is 10.5 Å². The van der Waals surface area contributed by atoms with Gasteiger partial charge in [-0.3, -0.25) is 19.3 Å². The first-order valence-electron chi connectivity index (χ1n) is 8.29. The molecule has 1 aliphatic rings. The molecular weight excluding hydrogens is 380 g/mol. The second kappa shape index (κ2) is 8.10. The Balaban J connectivity index is 1.68. The highest BCUT2D eigenvalue weighted by molar-refractivity contribution is 8.18. The molecule has 0 bridgehead atoms. The molecular formula is C20H16N2O5S. The van der Waals surface area contributed by atoms with Crippen LogP contribution in [-0.4, -0.2) is 39.6 Å². The number of nitrogens with zero attached hydrogens (tertiary/aromatic N) is 1. The maximum Gasteiger partial charge on any atom is 0.335 e. The molecule has 1 aliphatic heterocycles. The van der Waals surface area contributed by atoms with Crippen molar-refractivity contribution in [2.75, 3.05) is 11.9 Å². The molecule has 0 unspecified atom stereocenters. The van der Waals surface area contributed by atoms with Gasteiger partial charge in [-0.05, 0) is 54.6 Å². The highest BCUT2D eigenvalue weighted by atomic mass is 32.2. The molecule has 28 heavy (non-hydrogen) atoms. The number of rotatable bonds is 5. The van der Waals surface area contributed by atoms with Crippen LogP contribution in [0.2, 0.25) is 0 Å². The molecule has 0 saturated carbocycles. The van der Waals surface area contributed by atoms with Gasteiger partial charge in [-0.1, -0.05) is 29.8 Å². The molecule has 2 aromatic carbocycles. The molecule has 1 saturated heterocycles. The number of carbonyl (C=O) groups is 4. The molecule has 7 nitrogen and oxygen atoms in total.